The predicted octanol–water partition coefficient (Wildman–Crippen LogP) is 3.62. The Morgan fingerprint density at radius 2 is 2.14 bits per heavy atom. The van der Waals surface area contributed by atoms with E-state index >= 15 is 0 Å². The molecule has 22 heavy (non-hydrogen) atoms. The molecule has 1 aliphatic rings. The molecule has 0 radical (unpaired) electrons. The van der Waals surface area contributed by atoms with Crippen molar-refractivity contribution in [3.63, 3.8) is 0 Å². The number of amides is 2. The molecule has 2 amide bonds. The molecular weight excluding hydrogens is 305 g/mol. The lowest BCUT2D eigenvalue weighted by Crippen LogP contribution is -2.27. The molecule has 0 aromatic heterocycles. The summed E-state index contributed by atoms with van der Waals surface area (Å²) in [6, 6.07) is 11.8. The molecule has 0 unspecified atom stereocenters. The molecule has 0 atom stereocenters. The van der Waals surface area contributed by atoms with Gasteiger partial charge in [0.05, 0.1) is 0 Å². The van der Waals surface area contributed by atoms with E-state index in [-0.39, 0.29) is 11.8 Å². The van der Waals surface area contributed by atoms with E-state index < -0.39 is 0 Å². The van der Waals surface area contributed by atoms with Gasteiger partial charge in [-0.15, -0.1) is 0 Å². The molecule has 0 spiro atoms. The Hall–Kier alpha value is -2.27. The molecule has 6 heteroatoms. The Balaban J connectivity index is 1.73. The van der Waals surface area contributed by atoms with Crippen LogP contribution in [0.2, 0.25) is 5.02 Å². The molecule has 1 heterocycles. The van der Waals surface area contributed by atoms with Crippen molar-refractivity contribution in [2.24, 2.45) is 0 Å². The second kappa shape index (κ2) is 6.23. The van der Waals surface area contributed by atoms with Gasteiger partial charge in [0.1, 0.15) is 5.82 Å². The molecule has 1 saturated heterocycles. The zero-order valence-electron chi connectivity index (χ0n) is 11.8. The maximum absolute atomic E-state index is 13.7. The molecule has 2 aromatic carbocycles. The van der Waals surface area contributed by atoms with Gasteiger partial charge in [0.15, 0.2) is 0 Å². The van der Waals surface area contributed by atoms with Crippen LogP contribution in [0.25, 0.3) is 0 Å². The van der Waals surface area contributed by atoms with Crippen LogP contribution in [0.15, 0.2) is 42.5 Å². The maximum Gasteiger partial charge on any atom is 0.321 e. The molecule has 0 aliphatic carbocycles. The fourth-order valence-corrected chi connectivity index (χ4v) is 2.57. The molecule has 3 rings (SSSR count). The van der Waals surface area contributed by atoms with Crippen molar-refractivity contribution in [1.82, 2.24) is 5.32 Å². The van der Waals surface area contributed by atoms with Crippen LogP contribution in [0.5, 0.6) is 0 Å². The quantitative estimate of drug-likeness (QED) is 0.904. The summed E-state index contributed by atoms with van der Waals surface area (Å²) < 4.78 is 13.7. The van der Waals surface area contributed by atoms with Gasteiger partial charge in [-0.25, -0.2) is 9.18 Å². The minimum atomic E-state index is -0.299. The van der Waals surface area contributed by atoms with E-state index in [9.17, 15) is 9.18 Å². The number of nitrogens with one attached hydrogen (secondary N) is 2. The van der Waals surface area contributed by atoms with E-state index in [2.05, 4.69) is 10.6 Å². The molecule has 1 fully saturated rings. The van der Waals surface area contributed by atoms with Crippen molar-refractivity contribution < 1.29 is 9.18 Å². The van der Waals surface area contributed by atoms with Crippen molar-refractivity contribution in [2.45, 2.75) is 6.54 Å². The zero-order chi connectivity index (χ0) is 15.5. The summed E-state index contributed by atoms with van der Waals surface area (Å²) in [6.45, 7) is 1.61. The number of nitrogens with zero attached hydrogens (tertiary/aromatic N) is 1. The van der Waals surface area contributed by atoms with Crippen LogP contribution in [0, 0.1) is 5.82 Å². The van der Waals surface area contributed by atoms with Gasteiger partial charge in [0, 0.05) is 41.6 Å². The Bertz CT molecular complexity index is 708. The third-order valence-electron chi connectivity index (χ3n) is 3.51. The van der Waals surface area contributed by atoms with Gasteiger partial charge in [-0.05, 0) is 36.4 Å². The van der Waals surface area contributed by atoms with Gasteiger partial charge in [-0.3, -0.25) is 4.90 Å². The number of hydrogen-bond donors (Lipinski definition) is 2. The summed E-state index contributed by atoms with van der Waals surface area (Å²) in [4.78, 5) is 13.3. The first-order valence-corrected chi connectivity index (χ1v) is 7.34. The molecule has 0 bridgehead atoms. The Morgan fingerprint density at radius 3 is 2.91 bits per heavy atom. The Morgan fingerprint density at radius 1 is 1.27 bits per heavy atom. The Kier molecular flexibility index (Phi) is 4.15. The number of urea groups is 1. The number of benzene rings is 2. The zero-order valence-corrected chi connectivity index (χ0v) is 12.5. The summed E-state index contributed by atoms with van der Waals surface area (Å²) in [6.07, 6.45) is 0. The van der Waals surface area contributed by atoms with E-state index in [1.54, 1.807) is 11.0 Å². The average Bonchev–Trinajstić information content (AvgIpc) is 2.95. The van der Waals surface area contributed by atoms with Crippen molar-refractivity contribution in [3.05, 3.63) is 58.9 Å². The number of carbonyl (C=O) groups is 1. The van der Waals surface area contributed by atoms with Crippen molar-refractivity contribution in [1.29, 1.82) is 0 Å². The van der Waals surface area contributed by atoms with Crippen LogP contribution in [0.1, 0.15) is 5.56 Å². The summed E-state index contributed by atoms with van der Waals surface area (Å²) in [5.74, 6) is -0.299. The molecule has 0 saturated carbocycles. The van der Waals surface area contributed by atoms with E-state index in [1.807, 2.05) is 24.3 Å². The SMILES string of the molecule is O=C1NCCN1c1cccc(NCc2cc(Cl)ccc2F)c1. The van der Waals surface area contributed by atoms with Gasteiger partial charge in [0.2, 0.25) is 0 Å². The van der Waals surface area contributed by atoms with Gasteiger partial charge in [-0.2, -0.15) is 0 Å². The number of anilines is 2. The smallest absolute Gasteiger partial charge is 0.321 e. The topological polar surface area (TPSA) is 44.4 Å². The average molecular weight is 320 g/mol. The summed E-state index contributed by atoms with van der Waals surface area (Å²) >= 11 is 5.88. The van der Waals surface area contributed by atoms with Gasteiger partial charge in [-0.1, -0.05) is 17.7 Å². The lowest BCUT2D eigenvalue weighted by Gasteiger charge is -2.16. The van der Waals surface area contributed by atoms with E-state index in [4.69, 9.17) is 11.6 Å². The highest BCUT2D eigenvalue weighted by atomic mass is 35.5. The minimum Gasteiger partial charge on any atom is -0.381 e. The third-order valence-corrected chi connectivity index (χ3v) is 3.74. The van der Waals surface area contributed by atoms with Crippen molar-refractivity contribution in [3.8, 4) is 0 Å². The van der Waals surface area contributed by atoms with Gasteiger partial charge in [0.25, 0.3) is 0 Å². The van der Waals surface area contributed by atoms with Crippen LogP contribution < -0.4 is 15.5 Å². The molecule has 2 aromatic rings. The highest BCUT2D eigenvalue weighted by Gasteiger charge is 2.20. The second-order valence-corrected chi connectivity index (χ2v) is 5.46. The third kappa shape index (κ3) is 3.14. The lowest BCUT2D eigenvalue weighted by molar-refractivity contribution is 0.252. The van der Waals surface area contributed by atoms with E-state index in [0.717, 1.165) is 11.4 Å². The predicted molar refractivity (Wildman–Crippen MR) is 85.9 cm³/mol. The fourth-order valence-electron chi connectivity index (χ4n) is 2.38. The fraction of sp³-hybridized carbons (Fsp3) is 0.188. The monoisotopic (exact) mass is 319 g/mol. The summed E-state index contributed by atoms with van der Waals surface area (Å²) in [5, 5.41) is 6.41. The Labute approximate surface area is 132 Å². The molecule has 1 aliphatic heterocycles. The van der Waals surface area contributed by atoms with Crippen molar-refractivity contribution in [2.75, 3.05) is 23.3 Å². The number of rotatable bonds is 4. The largest absolute Gasteiger partial charge is 0.381 e. The first-order chi connectivity index (χ1) is 10.6. The number of hydrogen-bond acceptors (Lipinski definition) is 2. The number of carbonyl (C=O) groups excluding carboxylic acids is 1. The molecule has 114 valence electrons. The highest BCUT2D eigenvalue weighted by Crippen LogP contribution is 2.22. The van der Waals surface area contributed by atoms with Crippen LogP contribution in [0.4, 0.5) is 20.6 Å². The first-order valence-electron chi connectivity index (χ1n) is 6.97. The highest BCUT2D eigenvalue weighted by molar-refractivity contribution is 6.30. The van der Waals surface area contributed by atoms with Crippen LogP contribution >= 0.6 is 11.6 Å². The van der Waals surface area contributed by atoms with Crippen LogP contribution in [0.3, 0.4) is 0 Å². The molecule has 2 N–H and O–H groups in total. The van der Waals surface area contributed by atoms with Gasteiger partial charge >= 0.3 is 6.03 Å². The molecular formula is C16H15ClFN3O. The first kappa shape index (κ1) is 14.7. The minimum absolute atomic E-state index is 0.0990. The lowest BCUT2D eigenvalue weighted by atomic mass is 10.2. The summed E-state index contributed by atoms with van der Waals surface area (Å²) in [7, 11) is 0. The van der Waals surface area contributed by atoms with E-state index in [1.165, 1.54) is 12.1 Å². The van der Waals surface area contributed by atoms with E-state index in [0.29, 0.717) is 30.2 Å². The maximum atomic E-state index is 13.7. The number of halogens is 2. The van der Waals surface area contributed by atoms with Gasteiger partial charge < -0.3 is 10.6 Å². The summed E-state index contributed by atoms with van der Waals surface area (Å²) in [5.41, 5.74) is 2.12. The van der Waals surface area contributed by atoms with Crippen molar-refractivity contribution >= 4 is 29.0 Å². The van der Waals surface area contributed by atoms with Crippen LogP contribution in [-0.4, -0.2) is 19.1 Å². The standard InChI is InChI=1S/C16H15ClFN3O/c17-12-4-5-15(18)11(8-12)10-20-13-2-1-3-14(9-13)21-7-6-19-16(21)22/h1-5,8-9,20H,6-7,10H2,(H,19,22). The van der Waals surface area contributed by atoms with Crippen LogP contribution in [-0.2, 0) is 6.54 Å². The normalized spacial score (nSPS) is 14.1. The second-order valence-electron chi connectivity index (χ2n) is 5.02. The molecule has 4 nitrogen and oxygen atoms in total.